The average Bonchev–Trinajstić information content (AvgIpc) is 2.30. The molecule has 0 saturated carbocycles. The highest BCUT2D eigenvalue weighted by Gasteiger charge is 2.17. The molecule has 0 N–H and O–H groups in total. The summed E-state index contributed by atoms with van der Waals surface area (Å²) in [7, 11) is 0. The van der Waals surface area contributed by atoms with Gasteiger partial charge in [0.05, 0.1) is 13.0 Å². The van der Waals surface area contributed by atoms with E-state index in [1.807, 2.05) is 0 Å². The number of carbonyl (C=O) groups is 2. The van der Waals surface area contributed by atoms with Crippen molar-refractivity contribution in [3.8, 4) is 0 Å². The van der Waals surface area contributed by atoms with Gasteiger partial charge in [-0.05, 0) is 26.2 Å². The maximum Gasteiger partial charge on any atom is 0.409 e. The molecule has 1 rings (SSSR count). The van der Waals surface area contributed by atoms with E-state index in [2.05, 4.69) is 0 Å². The minimum atomic E-state index is -0.325. The SMILES string of the molecule is CCOC(=O)CCOC(=O)N1CCCCC1. The Hall–Kier alpha value is -1.26. The van der Waals surface area contributed by atoms with Gasteiger partial charge < -0.3 is 14.4 Å². The van der Waals surface area contributed by atoms with Gasteiger partial charge in [-0.2, -0.15) is 0 Å². The summed E-state index contributed by atoms with van der Waals surface area (Å²) >= 11 is 0. The van der Waals surface area contributed by atoms with E-state index >= 15 is 0 Å². The smallest absolute Gasteiger partial charge is 0.409 e. The van der Waals surface area contributed by atoms with Crippen LogP contribution in [0.2, 0.25) is 0 Å². The molecule has 92 valence electrons. The van der Waals surface area contributed by atoms with Crippen molar-refractivity contribution < 1.29 is 19.1 Å². The Kier molecular flexibility index (Phi) is 5.67. The molecule has 0 bridgehead atoms. The van der Waals surface area contributed by atoms with E-state index in [1.54, 1.807) is 11.8 Å². The van der Waals surface area contributed by atoms with Gasteiger partial charge >= 0.3 is 12.1 Å². The zero-order valence-electron chi connectivity index (χ0n) is 9.74. The second-order valence-corrected chi connectivity index (χ2v) is 3.72. The maximum absolute atomic E-state index is 11.5. The first-order chi connectivity index (χ1) is 7.74. The summed E-state index contributed by atoms with van der Waals surface area (Å²) in [5.41, 5.74) is 0. The highest BCUT2D eigenvalue weighted by molar-refractivity contribution is 5.71. The monoisotopic (exact) mass is 229 g/mol. The van der Waals surface area contributed by atoms with Crippen LogP contribution < -0.4 is 0 Å². The minimum absolute atomic E-state index is 0.105. The lowest BCUT2D eigenvalue weighted by molar-refractivity contribution is -0.143. The molecule has 1 fully saturated rings. The van der Waals surface area contributed by atoms with Crippen LogP contribution in [0, 0.1) is 0 Å². The van der Waals surface area contributed by atoms with Gasteiger partial charge in [-0.25, -0.2) is 4.79 Å². The fourth-order valence-corrected chi connectivity index (χ4v) is 1.62. The van der Waals surface area contributed by atoms with Crippen LogP contribution in [0.15, 0.2) is 0 Å². The molecule has 1 heterocycles. The topological polar surface area (TPSA) is 55.8 Å². The average molecular weight is 229 g/mol. The zero-order valence-corrected chi connectivity index (χ0v) is 9.74. The predicted octanol–water partition coefficient (Wildman–Crippen LogP) is 1.56. The second kappa shape index (κ2) is 7.09. The van der Waals surface area contributed by atoms with Crippen molar-refractivity contribution in [2.75, 3.05) is 26.3 Å². The molecule has 1 amide bonds. The molecule has 0 radical (unpaired) electrons. The molecule has 0 aliphatic carbocycles. The third kappa shape index (κ3) is 4.51. The minimum Gasteiger partial charge on any atom is -0.466 e. The van der Waals surface area contributed by atoms with E-state index in [0.717, 1.165) is 25.9 Å². The number of ether oxygens (including phenoxy) is 2. The van der Waals surface area contributed by atoms with Gasteiger partial charge in [0.1, 0.15) is 6.61 Å². The van der Waals surface area contributed by atoms with Crippen molar-refractivity contribution in [2.45, 2.75) is 32.6 Å². The summed E-state index contributed by atoms with van der Waals surface area (Å²) in [6, 6.07) is 0. The number of nitrogens with zero attached hydrogens (tertiary/aromatic N) is 1. The molecule has 5 heteroatoms. The van der Waals surface area contributed by atoms with Crippen LogP contribution in [0.25, 0.3) is 0 Å². The Balaban J connectivity index is 2.12. The third-order valence-corrected chi connectivity index (χ3v) is 2.45. The molecule has 1 saturated heterocycles. The highest BCUT2D eigenvalue weighted by Crippen LogP contribution is 2.09. The van der Waals surface area contributed by atoms with Crippen molar-refractivity contribution >= 4 is 12.1 Å². The van der Waals surface area contributed by atoms with Crippen LogP contribution >= 0.6 is 0 Å². The third-order valence-electron chi connectivity index (χ3n) is 2.45. The van der Waals surface area contributed by atoms with Crippen molar-refractivity contribution in [3.63, 3.8) is 0 Å². The summed E-state index contributed by atoms with van der Waals surface area (Å²) in [6.07, 6.45) is 3.06. The van der Waals surface area contributed by atoms with Gasteiger partial charge in [0, 0.05) is 13.1 Å². The van der Waals surface area contributed by atoms with Gasteiger partial charge in [-0.1, -0.05) is 0 Å². The van der Waals surface area contributed by atoms with Crippen molar-refractivity contribution in [1.29, 1.82) is 0 Å². The van der Waals surface area contributed by atoms with Crippen molar-refractivity contribution in [1.82, 2.24) is 4.90 Å². The Labute approximate surface area is 95.7 Å². The summed E-state index contributed by atoms with van der Waals surface area (Å²) in [6.45, 7) is 3.74. The van der Waals surface area contributed by atoms with E-state index in [4.69, 9.17) is 9.47 Å². The van der Waals surface area contributed by atoms with Gasteiger partial charge in [-0.3, -0.25) is 4.79 Å². The summed E-state index contributed by atoms with van der Waals surface area (Å²) in [5, 5.41) is 0. The van der Waals surface area contributed by atoms with Gasteiger partial charge in [0.15, 0.2) is 0 Å². The van der Waals surface area contributed by atoms with E-state index in [0.29, 0.717) is 6.61 Å². The Morgan fingerprint density at radius 3 is 2.44 bits per heavy atom. The van der Waals surface area contributed by atoms with Crippen LogP contribution in [0.3, 0.4) is 0 Å². The largest absolute Gasteiger partial charge is 0.466 e. The van der Waals surface area contributed by atoms with Gasteiger partial charge in [0.25, 0.3) is 0 Å². The second-order valence-electron chi connectivity index (χ2n) is 3.72. The zero-order chi connectivity index (χ0) is 11.8. The van der Waals surface area contributed by atoms with E-state index in [1.165, 1.54) is 6.42 Å². The number of hydrogen-bond acceptors (Lipinski definition) is 4. The predicted molar refractivity (Wildman–Crippen MR) is 58.0 cm³/mol. The number of rotatable bonds is 4. The number of hydrogen-bond donors (Lipinski definition) is 0. The highest BCUT2D eigenvalue weighted by atomic mass is 16.6. The number of piperidine rings is 1. The number of carbonyl (C=O) groups excluding carboxylic acids is 2. The van der Waals surface area contributed by atoms with Gasteiger partial charge in [-0.15, -0.1) is 0 Å². The molecular formula is C11H19NO4. The first kappa shape index (κ1) is 12.8. The lowest BCUT2D eigenvalue weighted by Gasteiger charge is -2.25. The fraction of sp³-hybridized carbons (Fsp3) is 0.818. The standard InChI is InChI=1S/C11H19NO4/c1-2-15-10(13)6-9-16-11(14)12-7-4-3-5-8-12/h2-9H2,1H3. The van der Waals surface area contributed by atoms with E-state index < -0.39 is 0 Å². The molecule has 16 heavy (non-hydrogen) atoms. The first-order valence-electron chi connectivity index (χ1n) is 5.81. The molecule has 0 atom stereocenters. The van der Waals surface area contributed by atoms with Crippen LogP contribution in [-0.2, 0) is 14.3 Å². The van der Waals surface area contributed by atoms with Crippen LogP contribution in [0.5, 0.6) is 0 Å². The normalized spacial score (nSPS) is 15.7. The summed E-state index contributed by atoms with van der Waals surface area (Å²) < 4.78 is 9.71. The Morgan fingerprint density at radius 1 is 1.12 bits per heavy atom. The van der Waals surface area contributed by atoms with E-state index in [-0.39, 0.29) is 25.1 Å². The van der Waals surface area contributed by atoms with E-state index in [9.17, 15) is 9.59 Å². The van der Waals surface area contributed by atoms with Crippen molar-refractivity contribution in [3.05, 3.63) is 0 Å². The number of esters is 1. The van der Waals surface area contributed by atoms with Crippen LogP contribution in [0.4, 0.5) is 4.79 Å². The molecule has 5 nitrogen and oxygen atoms in total. The Bertz CT molecular complexity index is 236. The van der Waals surface area contributed by atoms with Crippen LogP contribution in [-0.4, -0.2) is 43.3 Å². The lowest BCUT2D eigenvalue weighted by Crippen LogP contribution is -2.36. The Morgan fingerprint density at radius 2 is 1.81 bits per heavy atom. The molecule has 0 aromatic rings. The molecule has 1 aliphatic heterocycles. The first-order valence-corrected chi connectivity index (χ1v) is 5.81. The molecule has 0 spiro atoms. The number of likely N-dealkylation sites (tertiary alicyclic amines) is 1. The summed E-state index contributed by atoms with van der Waals surface area (Å²) in [4.78, 5) is 24.2. The molecule has 0 aromatic carbocycles. The van der Waals surface area contributed by atoms with Crippen molar-refractivity contribution in [2.24, 2.45) is 0 Å². The van der Waals surface area contributed by atoms with Crippen LogP contribution in [0.1, 0.15) is 32.6 Å². The molecule has 1 aliphatic rings. The molecule has 0 aromatic heterocycles. The fourth-order valence-electron chi connectivity index (χ4n) is 1.62. The van der Waals surface area contributed by atoms with Gasteiger partial charge in [0.2, 0.25) is 0 Å². The molecular weight excluding hydrogens is 210 g/mol. The number of amides is 1. The summed E-state index contributed by atoms with van der Waals surface area (Å²) in [5.74, 6) is -0.325. The molecule has 0 unspecified atom stereocenters. The quantitative estimate of drug-likeness (QED) is 0.686. The lowest BCUT2D eigenvalue weighted by atomic mass is 10.1. The maximum atomic E-state index is 11.5.